The summed E-state index contributed by atoms with van der Waals surface area (Å²) in [6.45, 7) is 2.01. The fraction of sp³-hybridized carbons (Fsp3) is 0.364. The molecule has 0 radical (unpaired) electrons. The zero-order valence-electron chi connectivity index (χ0n) is 8.64. The third-order valence-electron chi connectivity index (χ3n) is 2.06. The second kappa shape index (κ2) is 6.43. The van der Waals surface area contributed by atoms with Crippen molar-refractivity contribution in [2.45, 2.75) is 25.8 Å². The molecule has 0 unspecified atom stereocenters. The Kier molecular flexibility index (Phi) is 5.97. The van der Waals surface area contributed by atoms with E-state index in [1.54, 1.807) is 0 Å². The molecule has 0 aliphatic rings. The van der Waals surface area contributed by atoms with Crippen molar-refractivity contribution in [1.82, 2.24) is 0 Å². The second-order valence-electron chi connectivity index (χ2n) is 3.55. The van der Waals surface area contributed by atoms with Gasteiger partial charge in [0.15, 0.2) is 0 Å². The number of halogens is 1. The van der Waals surface area contributed by atoms with E-state index in [4.69, 9.17) is 10.8 Å². The van der Waals surface area contributed by atoms with Crippen LogP contribution < -0.4 is 5.73 Å². The lowest BCUT2D eigenvalue weighted by Gasteiger charge is -2.08. The SMILES string of the molecule is Cc1ccc(C[C@@H](N)CC(=O)O)cc1.Cl. The molecular formula is C11H16ClNO2. The van der Waals surface area contributed by atoms with Crippen molar-refractivity contribution in [3.8, 4) is 0 Å². The summed E-state index contributed by atoms with van der Waals surface area (Å²) in [5.41, 5.74) is 7.95. The van der Waals surface area contributed by atoms with Crippen molar-refractivity contribution in [3.63, 3.8) is 0 Å². The van der Waals surface area contributed by atoms with Gasteiger partial charge in [0.2, 0.25) is 0 Å². The fourth-order valence-corrected chi connectivity index (χ4v) is 1.32. The van der Waals surface area contributed by atoms with Gasteiger partial charge in [-0.3, -0.25) is 4.79 Å². The number of rotatable bonds is 4. The zero-order valence-corrected chi connectivity index (χ0v) is 9.46. The molecule has 1 atom stereocenters. The molecule has 0 aliphatic heterocycles. The first kappa shape index (κ1) is 13.9. The smallest absolute Gasteiger partial charge is 0.304 e. The molecule has 0 amide bonds. The highest BCUT2D eigenvalue weighted by molar-refractivity contribution is 5.85. The van der Waals surface area contributed by atoms with Crippen LogP contribution in [0.3, 0.4) is 0 Å². The molecule has 0 bridgehead atoms. The number of aryl methyl sites for hydroxylation is 1. The Morgan fingerprint density at radius 2 is 1.93 bits per heavy atom. The first-order chi connectivity index (χ1) is 6.58. The minimum absolute atomic E-state index is 0. The monoisotopic (exact) mass is 229 g/mol. The van der Waals surface area contributed by atoms with E-state index in [2.05, 4.69) is 0 Å². The van der Waals surface area contributed by atoms with E-state index in [0.29, 0.717) is 6.42 Å². The van der Waals surface area contributed by atoms with Gasteiger partial charge in [-0.1, -0.05) is 29.8 Å². The number of nitrogens with two attached hydrogens (primary N) is 1. The van der Waals surface area contributed by atoms with Crippen LogP contribution in [0.25, 0.3) is 0 Å². The van der Waals surface area contributed by atoms with Crippen LogP contribution in [0.5, 0.6) is 0 Å². The predicted octanol–water partition coefficient (Wildman–Crippen LogP) is 1.76. The predicted molar refractivity (Wildman–Crippen MR) is 62.4 cm³/mol. The Morgan fingerprint density at radius 3 is 2.40 bits per heavy atom. The van der Waals surface area contributed by atoms with Crippen LogP contribution in [0.1, 0.15) is 17.5 Å². The van der Waals surface area contributed by atoms with E-state index in [9.17, 15) is 4.79 Å². The topological polar surface area (TPSA) is 63.3 Å². The molecule has 0 spiro atoms. The van der Waals surface area contributed by atoms with E-state index in [-0.39, 0.29) is 24.9 Å². The number of carboxylic acid groups (broad SMARTS) is 1. The van der Waals surface area contributed by atoms with Gasteiger partial charge < -0.3 is 10.8 Å². The lowest BCUT2D eigenvalue weighted by molar-refractivity contribution is -0.137. The average molecular weight is 230 g/mol. The lowest BCUT2D eigenvalue weighted by Crippen LogP contribution is -2.26. The minimum Gasteiger partial charge on any atom is -0.481 e. The van der Waals surface area contributed by atoms with Crippen LogP contribution in [-0.2, 0) is 11.2 Å². The van der Waals surface area contributed by atoms with Gasteiger partial charge in [0.05, 0.1) is 6.42 Å². The van der Waals surface area contributed by atoms with Crippen molar-refractivity contribution >= 4 is 18.4 Å². The van der Waals surface area contributed by atoms with Crippen LogP contribution in [-0.4, -0.2) is 17.1 Å². The Bertz CT molecular complexity index is 311. The van der Waals surface area contributed by atoms with Gasteiger partial charge >= 0.3 is 5.97 Å². The van der Waals surface area contributed by atoms with Crippen molar-refractivity contribution in [1.29, 1.82) is 0 Å². The number of carbonyl (C=O) groups is 1. The largest absolute Gasteiger partial charge is 0.481 e. The maximum Gasteiger partial charge on any atom is 0.304 e. The molecule has 1 rings (SSSR count). The summed E-state index contributed by atoms with van der Waals surface area (Å²) in [6.07, 6.45) is 0.639. The molecule has 0 saturated heterocycles. The molecule has 0 aliphatic carbocycles. The molecule has 1 aromatic carbocycles. The van der Waals surface area contributed by atoms with Crippen LogP contribution >= 0.6 is 12.4 Å². The summed E-state index contributed by atoms with van der Waals surface area (Å²) >= 11 is 0. The van der Waals surface area contributed by atoms with Crippen LogP contribution in [0.4, 0.5) is 0 Å². The summed E-state index contributed by atoms with van der Waals surface area (Å²) in [5, 5.41) is 8.53. The number of benzene rings is 1. The maximum atomic E-state index is 10.4. The van der Waals surface area contributed by atoms with Crippen molar-refractivity contribution in [2.75, 3.05) is 0 Å². The van der Waals surface area contributed by atoms with Gasteiger partial charge in [-0.05, 0) is 18.9 Å². The van der Waals surface area contributed by atoms with Crippen LogP contribution in [0.15, 0.2) is 24.3 Å². The summed E-state index contributed by atoms with van der Waals surface area (Å²) in [5.74, 6) is -0.843. The third-order valence-corrected chi connectivity index (χ3v) is 2.06. The van der Waals surface area contributed by atoms with Crippen LogP contribution in [0.2, 0.25) is 0 Å². The van der Waals surface area contributed by atoms with Crippen molar-refractivity contribution in [3.05, 3.63) is 35.4 Å². The summed E-state index contributed by atoms with van der Waals surface area (Å²) in [4.78, 5) is 10.4. The Balaban J connectivity index is 0.00000196. The molecule has 0 fully saturated rings. The molecular weight excluding hydrogens is 214 g/mol. The molecule has 0 aromatic heterocycles. The van der Waals surface area contributed by atoms with Gasteiger partial charge in [0.1, 0.15) is 0 Å². The molecule has 3 N–H and O–H groups in total. The molecule has 15 heavy (non-hydrogen) atoms. The highest BCUT2D eigenvalue weighted by Crippen LogP contribution is 2.06. The highest BCUT2D eigenvalue weighted by Gasteiger charge is 2.08. The van der Waals surface area contributed by atoms with E-state index >= 15 is 0 Å². The van der Waals surface area contributed by atoms with E-state index in [1.807, 2.05) is 31.2 Å². The second-order valence-corrected chi connectivity index (χ2v) is 3.55. The molecule has 3 nitrogen and oxygen atoms in total. The van der Waals surface area contributed by atoms with E-state index in [0.717, 1.165) is 5.56 Å². The standard InChI is InChI=1S/C11H15NO2.ClH/c1-8-2-4-9(5-3-8)6-10(12)7-11(13)14;/h2-5,10H,6-7,12H2,1H3,(H,13,14);1H/t10-;/m1./s1. The zero-order chi connectivity index (χ0) is 10.6. The fourth-order valence-electron chi connectivity index (χ4n) is 1.32. The first-order valence-electron chi connectivity index (χ1n) is 4.61. The van der Waals surface area contributed by atoms with Crippen molar-refractivity contribution < 1.29 is 9.90 Å². The molecule has 0 saturated carbocycles. The summed E-state index contributed by atoms with van der Waals surface area (Å²) in [7, 11) is 0. The van der Waals surface area contributed by atoms with Gasteiger partial charge in [-0.15, -0.1) is 12.4 Å². The van der Waals surface area contributed by atoms with Gasteiger partial charge in [0, 0.05) is 6.04 Å². The first-order valence-corrected chi connectivity index (χ1v) is 4.61. The molecule has 1 aromatic rings. The normalized spacial score (nSPS) is 11.6. The third kappa shape index (κ3) is 5.40. The number of hydrogen-bond acceptors (Lipinski definition) is 2. The highest BCUT2D eigenvalue weighted by atomic mass is 35.5. The Hall–Kier alpha value is -1.06. The molecule has 0 heterocycles. The quantitative estimate of drug-likeness (QED) is 0.827. The number of carboxylic acids is 1. The van der Waals surface area contributed by atoms with E-state index in [1.165, 1.54) is 5.56 Å². The number of aliphatic carboxylic acids is 1. The minimum atomic E-state index is -0.843. The Morgan fingerprint density at radius 1 is 1.40 bits per heavy atom. The van der Waals surface area contributed by atoms with Crippen molar-refractivity contribution in [2.24, 2.45) is 5.73 Å². The Labute approximate surface area is 95.7 Å². The average Bonchev–Trinajstić information content (AvgIpc) is 2.07. The van der Waals surface area contributed by atoms with Gasteiger partial charge in [0.25, 0.3) is 0 Å². The summed E-state index contributed by atoms with van der Waals surface area (Å²) in [6, 6.07) is 7.68. The molecule has 84 valence electrons. The summed E-state index contributed by atoms with van der Waals surface area (Å²) < 4.78 is 0. The number of hydrogen-bond donors (Lipinski definition) is 2. The molecule has 4 heteroatoms. The van der Waals surface area contributed by atoms with E-state index < -0.39 is 5.97 Å². The van der Waals surface area contributed by atoms with Crippen LogP contribution in [0, 0.1) is 6.92 Å². The lowest BCUT2D eigenvalue weighted by atomic mass is 10.0. The van der Waals surface area contributed by atoms with Gasteiger partial charge in [-0.25, -0.2) is 0 Å². The maximum absolute atomic E-state index is 10.4. The van der Waals surface area contributed by atoms with Gasteiger partial charge in [-0.2, -0.15) is 0 Å².